The summed E-state index contributed by atoms with van der Waals surface area (Å²) in [4.78, 5) is 12.0. The number of halogens is 1. The largest absolute Gasteiger partial charge is 0.383 e. The average Bonchev–Trinajstić information content (AvgIpc) is 2.28. The molecule has 0 radical (unpaired) electrons. The number of rotatable bonds is 5. The smallest absolute Gasteiger partial charge is 0.251 e. The van der Waals surface area contributed by atoms with Crippen molar-refractivity contribution in [3.63, 3.8) is 0 Å². The summed E-state index contributed by atoms with van der Waals surface area (Å²) in [5.41, 5.74) is 0.654. The molecular formula is C13H18BrNO2. The lowest BCUT2D eigenvalue weighted by molar-refractivity contribution is 0.0866. The maximum atomic E-state index is 12.0. The molecule has 17 heavy (non-hydrogen) atoms. The Balaban J connectivity index is 2.70. The van der Waals surface area contributed by atoms with Crippen LogP contribution in [0.25, 0.3) is 0 Å². The minimum Gasteiger partial charge on any atom is -0.383 e. The van der Waals surface area contributed by atoms with Gasteiger partial charge < -0.3 is 10.1 Å². The molecule has 1 N–H and O–H groups in total. The third-order valence-corrected chi connectivity index (χ3v) is 3.05. The lowest BCUT2D eigenvalue weighted by Gasteiger charge is -2.21. The van der Waals surface area contributed by atoms with E-state index in [1.165, 1.54) is 0 Å². The molecule has 0 aliphatic carbocycles. The van der Waals surface area contributed by atoms with Crippen molar-refractivity contribution in [1.82, 2.24) is 5.32 Å². The molecule has 1 amide bonds. The molecule has 3 nitrogen and oxygen atoms in total. The molecule has 1 aromatic rings. The van der Waals surface area contributed by atoms with Crippen molar-refractivity contribution >= 4 is 21.8 Å². The number of carbonyl (C=O) groups excluding carboxylic acids is 1. The number of hydrogen-bond donors (Lipinski definition) is 1. The van der Waals surface area contributed by atoms with Crippen molar-refractivity contribution in [2.24, 2.45) is 5.92 Å². The third-order valence-electron chi connectivity index (χ3n) is 2.55. The van der Waals surface area contributed by atoms with Gasteiger partial charge in [-0.15, -0.1) is 0 Å². The number of methoxy groups -OCH3 is 1. The Morgan fingerprint density at radius 2 is 2.18 bits per heavy atom. The Hall–Kier alpha value is -0.870. The molecule has 0 spiro atoms. The van der Waals surface area contributed by atoms with Crippen molar-refractivity contribution in [3.05, 3.63) is 34.3 Å². The summed E-state index contributed by atoms with van der Waals surface area (Å²) in [5.74, 6) is 0.271. The number of benzene rings is 1. The highest BCUT2D eigenvalue weighted by Gasteiger charge is 2.16. The number of nitrogens with one attached hydrogen (secondary N) is 1. The van der Waals surface area contributed by atoms with Crippen LogP contribution in [0, 0.1) is 5.92 Å². The Morgan fingerprint density at radius 1 is 1.47 bits per heavy atom. The number of carbonyl (C=O) groups is 1. The van der Waals surface area contributed by atoms with Crippen LogP contribution >= 0.6 is 15.9 Å². The molecule has 0 fully saturated rings. The first-order chi connectivity index (χ1) is 8.04. The standard InChI is InChI=1S/C13H18BrNO2/c1-9(2)12(8-17-3)15-13(16)10-5-4-6-11(14)7-10/h4-7,9,12H,8H2,1-3H3,(H,15,16). The highest BCUT2D eigenvalue weighted by Crippen LogP contribution is 2.12. The summed E-state index contributed by atoms with van der Waals surface area (Å²) in [6.07, 6.45) is 0. The molecule has 0 aromatic heterocycles. The van der Waals surface area contributed by atoms with Gasteiger partial charge in [0.25, 0.3) is 5.91 Å². The lowest BCUT2D eigenvalue weighted by atomic mass is 10.0. The van der Waals surface area contributed by atoms with Crippen molar-refractivity contribution in [3.8, 4) is 0 Å². The Bertz CT molecular complexity index is 379. The minimum absolute atomic E-state index is 0.0338. The second-order valence-corrected chi connectivity index (χ2v) is 5.21. The monoisotopic (exact) mass is 299 g/mol. The normalized spacial score (nSPS) is 12.5. The maximum Gasteiger partial charge on any atom is 0.251 e. The van der Waals surface area contributed by atoms with Crippen LogP contribution < -0.4 is 5.32 Å². The van der Waals surface area contributed by atoms with Gasteiger partial charge in [0.2, 0.25) is 0 Å². The molecule has 0 bridgehead atoms. The lowest BCUT2D eigenvalue weighted by Crippen LogP contribution is -2.41. The SMILES string of the molecule is COCC(NC(=O)c1cccc(Br)c1)C(C)C. The molecule has 0 aliphatic rings. The van der Waals surface area contributed by atoms with E-state index in [-0.39, 0.29) is 11.9 Å². The average molecular weight is 300 g/mol. The zero-order valence-corrected chi connectivity index (χ0v) is 12.0. The predicted octanol–water partition coefficient (Wildman–Crippen LogP) is 2.85. The minimum atomic E-state index is -0.0675. The van der Waals surface area contributed by atoms with Gasteiger partial charge in [0.15, 0.2) is 0 Å². The van der Waals surface area contributed by atoms with Gasteiger partial charge in [0.05, 0.1) is 12.6 Å². The van der Waals surface area contributed by atoms with E-state index in [4.69, 9.17) is 4.74 Å². The second kappa shape index (κ2) is 6.77. The van der Waals surface area contributed by atoms with Gasteiger partial charge in [0.1, 0.15) is 0 Å². The van der Waals surface area contributed by atoms with E-state index in [9.17, 15) is 4.79 Å². The molecule has 0 aliphatic heterocycles. The summed E-state index contributed by atoms with van der Waals surface area (Å²) in [7, 11) is 1.64. The van der Waals surface area contributed by atoms with Crippen LogP contribution in [0.1, 0.15) is 24.2 Å². The molecule has 0 saturated heterocycles. The van der Waals surface area contributed by atoms with E-state index in [1.807, 2.05) is 12.1 Å². The summed E-state index contributed by atoms with van der Waals surface area (Å²) < 4.78 is 6.00. The summed E-state index contributed by atoms with van der Waals surface area (Å²) in [6, 6.07) is 7.38. The molecular weight excluding hydrogens is 282 g/mol. The zero-order valence-electron chi connectivity index (χ0n) is 10.4. The third kappa shape index (κ3) is 4.48. The highest BCUT2D eigenvalue weighted by atomic mass is 79.9. The van der Waals surface area contributed by atoms with Gasteiger partial charge in [-0.2, -0.15) is 0 Å². The molecule has 4 heteroatoms. The number of hydrogen-bond acceptors (Lipinski definition) is 2. The maximum absolute atomic E-state index is 12.0. The van der Waals surface area contributed by atoms with Gasteiger partial charge >= 0.3 is 0 Å². The van der Waals surface area contributed by atoms with E-state index in [0.29, 0.717) is 18.1 Å². The molecule has 0 saturated carbocycles. The fourth-order valence-electron chi connectivity index (χ4n) is 1.46. The predicted molar refractivity (Wildman–Crippen MR) is 72.1 cm³/mol. The molecule has 1 rings (SSSR count). The van der Waals surface area contributed by atoms with Crippen LogP contribution in [0.5, 0.6) is 0 Å². The molecule has 0 heterocycles. The first-order valence-corrected chi connectivity index (χ1v) is 6.39. The van der Waals surface area contributed by atoms with Crippen LogP contribution in [-0.4, -0.2) is 25.7 Å². The molecule has 1 unspecified atom stereocenters. The van der Waals surface area contributed by atoms with Crippen LogP contribution in [-0.2, 0) is 4.74 Å². The molecule has 1 atom stereocenters. The Morgan fingerprint density at radius 3 is 2.71 bits per heavy atom. The quantitative estimate of drug-likeness (QED) is 0.908. The summed E-state index contributed by atoms with van der Waals surface area (Å²) in [5, 5.41) is 2.98. The van der Waals surface area contributed by atoms with E-state index in [1.54, 1.807) is 19.2 Å². The second-order valence-electron chi connectivity index (χ2n) is 4.29. The first-order valence-electron chi connectivity index (χ1n) is 5.60. The van der Waals surface area contributed by atoms with Crippen LogP contribution in [0.4, 0.5) is 0 Å². The topological polar surface area (TPSA) is 38.3 Å². The molecule has 94 valence electrons. The van der Waals surface area contributed by atoms with Gasteiger partial charge in [0, 0.05) is 17.1 Å². The molecule has 1 aromatic carbocycles. The summed E-state index contributed by atoms with van der Waals surface area (Å²) >= 11 is 3.35. The first kappa shape index (κ1) is 14.2. The van der Waals surface area contributed by atoms with Gasteiger partial charge in [-0.3, -0.25) is 4.79 Å². The van der Waals surface area contributed by atoms with E-state index in [2.05, 4.69) is 35.1 Å². The van der Waals surface area contributed by atoms with Crippen molar-refractivity contribution in [1.29, 1.82) is 0 Å². The van der Waals surface area contributed by atoms with Crippen molar-refractivity contribution < 1.29 is 9.53 Å². The fraction of sp³-hybridized carbons (Fsp3) is 0.462. The highest BCUT2D eigenvalue weighted by molar-refractivity contribution is 9.10. The van der Waals surface area contributed by atoms with Crippen LogP contribution in [0.15, 0.2) is 28.7 Å². The van der Waals surface area contributed by atoms with E-state index >= 15 is 0 Å². The fourth-order valence-corrected chi connectivity index (χ4v) is 1.86. The summed E-state index contributed by atoms with van der Waals surface area (Å²) in [6.45, 7) is 4.65. The number of amides is 1. The van der Waals surface area contributed by atoms with Gasteiger partial charge in [-0.05, 0) is 24.1 Å². The van der Waals surface area contributed by atoms with E-state index < -0.39 is 0 Å². The van der Waals surface area contributed by atoms with Crippen LogP contribution in [0.2, 0.25) is 0 Å². The van der Waals surface area contributed by atoms with Crippen molar-refractivity contribution in [2.45, 2.75) is 19.9 Å². The van der Waals surface area contributed by atoms with Crippen LogP contribution in [0.3, 0.4) is 0 Å². The van der Waals surface area contributed by atoms with E-state index in [0.717, 1.165) is 4.47 Å². The number of ether oxygens (including phenoxy) is 1. The van der Waals surface area contributed by atoms with Gasteiger partial charge in [-0.1, -0.05) is 35.8 Å². The Labute approximate surface area is 111 Å². The van der Waals surface area contributed by atoms with Gasteiger partial charge in [-0.25, -0.2) is 0 Å². The van der Waals surface area contributed by atoms with Crippen molar-refractivity contribution in [2.75, 3.05) is 13.7 Å². The zero-order chi connectivity index (χ0) is 12.8. The Kier molecular flexibility index (Phi) is 5.65.